The van der Waals surface area contributed by atoms with E-state index in [1.165, 1.54) is 25.0 Å². The molecule has 4 rings (SSSR count). The van der Waals surface area contributed by atoms with E-state index in [1.807, 2.05) is 18.2 Å². The summed E-state index contributed by atoms with van der Waals surface area (Å²) < 4.78 is 19.2. The number of anilines is 1. The van der Waals surface area contributed by atoms with Gasteiger partial charge in [0.15, 0.2) is 0 Å². The molecule has 24 heavy (non-hydrogen) atoms. The molecule has 1 aliphatic carbocycles. The summed E-state index contributed by atoms with van der Waals surface area (Å²) in [5.74, 6) is 0.499. The molecule has 1 aliphatic rings. The van der Waals surface area contributed by atoms with E-state index >= 15 is 0 Å². The van der Waals surface area contributed by atoms with Gasteiger partial charge in [-0.25, -0.2) is 9.37 Å². The molecule has 0 bridgehead atoms. The SMILES string of the molecule is Nc1nc(OC2CCCC2)c2cc(-c3ccc(F)cc3)ccc2n1. The van der Waals surface area contributed by atoms with Gasteiger partial charge in [0.25, 0.3) is 0 Å². The number of aromatic nitrogens is 2. The molecule has 2 N–H and O–H groups in total. The first-order valence-corrected chi connectivity index (χ1v) is 8.19. The van der Waals surface area contributed by atoms with Gasteiger partial charge >= 0.3 is 0 Å². The first-order valence-electron chi connectivity index (χ1n) is 8.19. The molecule has 3 aromatic rings. The van der Waals surface area contributed by atoms with Gasteiger partial charge in [-0.3, -0.25) is 0 Å². The molecule has 0 saturated heterocycles. The average Bonchev–Trinajstić information content (AvgIpc) is 3.08. The first kappa shape index (κ1) is 14.9. The van der Waals surface area contributed by atoms with Crippen LogP contribution >= 0.6 is 0 Å². The lowest BCUT2D eigenvalue weighted by Gasteiger charge is -2.14. The van der Waals surface area contributed by atoms with Crippen molar-refractivity contribution in [3.63, 3.8) is 0 Å². The standard InChI is InChI=1S/C19H18FN3O/c20-14-8-5-12(6-9-14)13-7-10-17-16(11-13)18(23-19(21)22-17)24-15-3-1-2-4-15/h5-11,15H,1-4H2,(H2,21,22,23). The maximum Gasteiger partial charge on any atom is 0.226 e. The van der Waals surface area contributed by atoms with E-state index in [-0.39, 0.29) is 17.9 Å². The minimum atomic E-state index is -0.249. The predicted octanol–water partition coefficient (Wildman–Crippen LogP) is 4.34. The Kier molecular flexibility index (Phi) is 3.76. The van der Waals surface area contributed by atoms with Crippen LogP contribution < -0.4 is 10.5 Å². The van der Waals surface area contributed by atoms with E-state index in [2.05, 4.69) is 9.97 Å². The van der Waals surface area contributed by atoms with Crippen LogP contribution in [0.15, 0.2) is 42.5 Å². The molecule has 0 radical (unpaired) electrons. The lowest BCUT2D eigenvalue weighted by Crippen LogP contribution is -2.13. The fourth-order valence-corrected chi connectivity index (χ4v) is 3.19. The number of hydrogen-bond acceptors (Lipinski definition) is 4. The fraction of sp³-hybridized carbons (Fsp3) is 0.263. The van der Waals surface area contributed by atoms with Crippen LogP contribution in [0.5, 0.6) is 5.88 Å². The number of nitrogens with two attached hydrogens (primary N) is 1. The third kappa shape index (κ3) is 2.89. The molecule has 0 unspecified atom stereocenters. The second-order valence-electron chi connectivity index (χ2n) is 6.15. The smallest absolute Gasteiger partial charge is 0.226 e. The molecule has 1 fully saturated rings. The van der Waals surface area contributed by atoms with Crippen molar-refractivity contribution in [1.82, 2.24) is 9.97 Å². The lowest BCUT2D eigenvalue weighted by molar-refractivity contribution is 0.204. The van der Waals surface area contributed by atoms with Crippen LogP contribution in [0.2, 0.25) is 0 Å². The highest BCUT2D eigenvalue weighted by molar-refractivity contribution is 5.89. The van der Waals surface area contributed by atoms with E-state index in [4.69, 9.17) is 10.5 Å². The normalized spacial score (nSPS) is 15.0. The molecule has 1 saturated carbocycles. The van der Waals surface area contributed by atoms with E-state index < -0.39 is 0 Å². The van der Waals surface area contributed by atoms with Crippen LogP contribution in [0, 0.1) is 5.82 Å². The van der Waals surface area contributed by atoms with Crippen molar-refractivity contribution in [2.45, 2.75) is 31.8 Å². The van der Waals surface area contributed by atoms with Gasteiger partial charge < -0.3 is 10.5 Å². The molecule has 0 atom stereocenters. The number of halogens is 1. The van der Waals surface area contributed by atoms with Crippen molar-refractivity contribution in [2.24, 2.45) is 0 Å². The molecular formula is C19H18FN3O. The summed E-state index contributed by atoms with van der Waals surface area (Å²) in [6.45, 7) is 0. The predicted molar refractivity (Wildman–Crippen MR) is 92.2 cm³/mol. The second kappa shape index (κ2) is 6.07. The monoisotopic (exact) mass is 323 g/mol. The highest BCUT2D eigenvalue weighted by atomic mass is 19.1. The van der Waals surface area contributed by atoms with Crippen molar-refractivity contribution in [3.8, 4) is 17.0 Å². The van der Waals surface area contributed by atoms with Crippen molar-refractivity contribution < 1.29 is 9.13 Å². The maximum absolute atomic E-state index is 13.1. The third-order valence-electron chi connectivity index (χ3n) is 4.44. The topological polar surface area (TPSA) is 61.0 Å². The molecule has 2 aromatic carbocycles. The van der Waals surface area contributed by atoms with Gasteiger partial charge in [0.1, 0.15) is 11.9 Å². The van der Waals surface area contributed by atoms with E-state index in [1.54, 1.807) is 12.1 Å². The Bertz CT molecular complexity index is 874. The number of benzene rings is 2. The zero-order valence-corrected chi connectivity index (χ0v) is 13.2. The molecular weight excluding hydrogens is 305 g/mol. The quantitative estimate of drug-likeness (QED) is 0.779. The van der Waals surface area contributed by atoms with Gasteiger partial charge in [-0.15, -0.1) is 0 Å². The van der Waals surface area contributed by atoms with Crippen LogP contribution in [0.4, 0.5) is 10.3 Å². The molecule has 122 valence electrons. The number of nitrogen functional groups attached to an aromatic ring is 1. The fourth-order valence-electron chi connectivity index (χ4n) is 3.19. The molecule has 1 heterocycles. The van der Waals surface area contributed by atoms with Crippen LogP contribution in [-0.4, -0.2) is 16.1 Å². The van der Waals surface area contributed by atoms with Crippen LogP contribution in [-0.2, 0) is 0 Å². The highest BCUT2D eigenvalue weighted by Gasteiger charge is 2.19. The van der Waals surface area contributed by atoms with E-state index in [9.17, 15) is 4.39 Å². The molecule has 0 aliphatic heterocycles. The minimum Gasteiger partial charge on any atom is -0.474 e. The Hall–Kier alpha value is -2.69. The zero-order chi connectivity index (χ0) is 16.5. The molecule has 4 nitrogen and oxygen atoms in total. The van der Waals surface area contributed by atoms with Gasteiger partial charge in [0, 0.05) is 0 Å². The third-order valence-corrected chi connectivity index (χ3v) is 4.44. The van der Waals surface area contributed by atoms with Gasteiger partial charge in [-0.1, -0.05) is 18.2 Å². The molecule has 5 heteroatoms. The van der Waals surface area contributed by atoms with Crippen LogP contribution in [0.25, 0.3) is 22.0 Å². The summed E-state index contributed by atoms with van der Waals surface area (Å²) in [4.78, 5) is 8.58. The lowest BCUT2D eigenvalue weighted by atomic mass is 10.0. The number of rotatable bonds is 3. The van der Waals surface area contributed by atoms with Gasteiger partial charge in [-0.05, 0) is 61.1 Å². The molecule has 1 aromatic heterocycles. The van der Waals surface area contributed by atoms with Gasteiger partial charge in [0.05, 0.1) is 10.9 Å². The number of hydrogen-bond donors (Lipinski definition) is 1. The summed E-state index contributed by atoms with van der Waals surface area (Å²) in [6.07, 6.45) is 4.65. The number of nitrogens with zero attached hydrogens (tertiary/aromatic N) is 2. The summed E-state index contributed by atoms with van der Waals surface area (Å²) in [5.41, 5.74) is 8.47. The van der Waals surface area contributed by atoms with Crippen molar-refractivity contribution in [1.29, 1.82) is 0 Å². The Morgan fingerprint density at radius 3 is 2.42 bits per heavy atom. The highest BCUT2D eigenvalue weighted by Crippen LogP contribution is 2.31. The zero-order valence-electron chi connectivity index (χ0n) is 13.2. The van der Waals surface area contributed by atoms with E-state index in [0.29, 0.717) is 5.88 Å². The average molecular weight is 323 g/mol. The summed E-state index contributed by atoms with van der Waals surface area (Å²) in [5, 5.41) is 0.831. The number of ether oxygens (including phenoxy) is 1. The van der Waals surface area contributed by atoms with Crippen molar-refractivity contribution in [3.05, 3.63) is 48.3 Å². The number of fused-ring (bicyclic) bond motifs is 1. The Labute approximate surface area is 139 Å². The van der Waals surface area contributed by atoms with E-state index in [0.717, 1.165) is 34.9 Å². The Morgan fingerprint density at radius 1 is 0.958 bits per heavy atom. The van der Waals surface area contributed by atoms with Gasteiger partial charge in [0.2, 0.25) is 11.8 Å². The van der Waals surface area contributed by atoms with Crippen LogP contribution in [0.3, 0.4) is 0 Å². The Balaban J connectivity index is 1.78. The summed E-state index contributed by atoms with van der Waals surface area (Å²) in [6, 6.07) is 12.2. The van der Waals surface area contributed by atoms with Gasteiger partial charge in [-0.2, -0.15) is 4.98 Å². The van der Waals surface area contributed by atoms with Crippen molar-refractivity contribution >= 4 is 16.9 Å². The first-order chi connectivity index (χ1) is 11.7. The summed E-state index contributed by atoms with van der Waals surface area (Å²) in [7, 11) is 0. The molecule has 0 amide bonds. The second-order valence-corrected chi connectivity index (χ2v) is 6.15. The largest absolute Gasteiger partial charge is 0.474 e. The minimum absolute atomic E-state index is 0.192. The summed E-state index contributed by atoms with van der Waals surface area (Å²) >= 11 is 0. The molecule has 0 spiro atoms. The maximum atomic E-state index is 13.1. The van der Waals surface area contributed by atoms with Crippen LogP contribution in [0.1, 0.15) is 25.7 Å². The Morgan fingerprint density at radius 2 is 1.67 bits per heavy atom. The van der Waals surface area contributed by atoms with Crippen molar-refractivity contribution in [2.75, 3.05) is 5.73 Å².